The highest BCUT2D eigenvalue weighted by molar-refractivity contribution is 6.06. The summed E-state index contributed by atoms with van der Waals surface area (Å²) in [6.07, 6.45) is 3.58. The number of amides is 1. The van der Waals surface area contributed by atoms with Crippen molar-refractivity contribution < 1.29 is 9.18 Å². The zero-order valence-electron chi connectivity index (χ0n) is 18.8. The predicted molar refractivity (Wildman–Crippen MR) is 128 cm³/mol. The van der Waals surface area contributed by atoms with Crippen molar-refractivity contribution in [1.82, 2.24) is 19.7 Å². The lowest BCUT2D eigenvalue weighted by Gasteiger charge is -2.18. The molecule has 0 fully saturated rings. The van der Waals surface area contributed by atoms with Gasteiger partial charge in [0.15, 0.2) is 0 Å². The van der Waals surface area contributed by atoms with Crippen LogP contribution in [-0.2, 0) is 13.5 Å². The standard InChI is InChI=1S/C26H27FN4O2/c1-30(26(33)22-17-25(32)31(2)24-13-6-5-12-21(22)24)14-7-3-4-11-20-16-23(29-28-20)18-9-8-10-19(27)15-18/h5-6,8-10,12-13,15-17H,3-4,7,11,14H2,1-2H3,(H,28,29). The van der Waals surface area contributed by atoms with Crippen LogP contribution in [-0.4, -0.2) is 39.2 Å². The number of benzene rings is 2. The number of para-hydroxylation sites is 1. The number of unbranched alkanes of at least 4 members (excludes halogenated alkanes) is 2. The van der Waals surface area contributed by atoms with Gasteiger partial charge in [0.2, 0.25) is 0 Å². The summed E-state index contributed by atoms with van der Waals surface area (Å²) in [6, 6.07) is 17.2. The van der Waals surface area contributed by atoms with Crippen LogP contribution in [0, 0.1) is 5.82 Å². The monoisotopic (exact) mass is 446 g/mol. The first kappa shape index (κ1) is 22.5. The molecule has 0 aliphatic carbocycles. The molecule has 1 N–H and O–H groups in total. The van der Waals surface area contributed by atoms with Gasteiger partial charge in [0.05, 0.1) is 16.8 Å². The van der Waals surface area contributed by atoms with Crippen LogP contribution in [0.4, 0.5) is 4.39 Å². The third kappa shape index (κ3) is 5.03. The molecule has 0 saturated heterocycles. The number of aromatic amines is 1. The van der Waals surface area contributed by atoms with Gasteiger partial charge in [-0.3, -0.25) is 14.7 Å². The molecule has 0 radical (unpaired) electrons. The number of aryl methyl sites for hydroxylation is 2. The number of hydrogen-bond acceptors (Lipinski definition) is 3. The maximum absolute atomic E-state index is 13.4. The quantitative estimate of drug-likeness (QED) is 0.404. The highest BCUT2D eigenvalue weighted by atomic mass is 19.1. The number of halogens is 1. The van der Waals surface area contributed by atoms with Gasteiger partial charge >= 0.3 is 0 Å². The molecule has 0 aliphatic rings. The van der Waals surface area contributed by atoms with E-state index in [9.17, 15) is 14.0 Å². The van der Waals surface area contributed by atoms with Gasteiger partial charge in [-0.25, -0.2) is 4.39 Å². The van der Waals surface area contributed by atoms with Crippen LogP contribution in [0.3, 0.4) is 0 Å². The van der Waals surface area contributed by atoms with Gasteiger partial charge < -0.3 is 9.47 Å². The number of carbonyl (C=O) groups is 1. The maximum atomic E-state index is 13.4. The van der Waals surface area contributed by atoms with E-state index in [1.165, 1.54) is 18.2 Å². The Morgan fingerprint density at radius 3 is 2.70 bits per heavy atom. The average molecular weight is 447 g/mol. The summed E-state index contributed by atoms with van der Waals surface area (Å²) in [5.74, 6) is -0.420. The van der Waals surface area contributed by atoms with Crippen LogP contribution in [0.25, 0.3) is 22.2 Å². The van der Waals surface area contributed by atoms with E-state index in [0.29, 0.717) is 12.1 Å². The van der Waals surface area contributed by atoms with E-state index >= 15 is 0 Å². The van der Waals surface area contributed by atoms with Crippen LogP contribution in [0.2, 0.25) is 0 Å². The van der Waals surface area contributed by atoms with E-state index in [4.69, 9.17) is 0 Å². The molecule has 2 aromatic carbocycles. The van der Waals surface area contributed by atoms with Gasteiger partial charge in [-0.15, -0.1) is 0 Å². The molecule has 0 atom stereocenters. The molecule has 4 rings (SSSR count). The van der Waals surface area contributed by atoms with Crippen molar-refractivity contribution in [3.05, 3.63) is 88.1 Å². The number of nitrogens with zero attached hydrogens (tertiary/aromatic N) is 3. The van der Waals surface area contributed by atoms with E-state index in [-0.39, 0.29) is 17.3 Å². The summed E-state index contributed by atoms with van der Waals surface area (Å²) in [7, 11) is 3.48. The number of pyridine rings is 1. The minimum absolute atomic E-state index is 0.141. The Morgan fingerprint density at radius 1 is 1.06 bits per heavy atom. The zero-order valence-corrected chi connectivity index (χ0v) is 18.8. The van der Waals surface area contributed by atoms with Gasteiger partial charge in [-0.1, -0.05) is 36.8 Å². The number of fused-ring (bicyclic) bond motifs is 1. The number of aromatic nitrogens is 3. The van der Waals surface area contributed by atoms with Crippen LogP contribution in [0.5, 0.6) is 0 Å². The Hall–Kier alpha value is -3.74. The van der Waals surface area contributed by atoms with Crippen LogP contribution in [0.15, 0.2) is 65.5 Å². The molecule has 0 saturated carbocycles. The predicted octanol–water partition coefficient (Wildman–Crippen LogP) is 4.55. The second kappa shape index (κ2) is 9.81. The fourth-order valence-electron chi connectivity index (χ4n) is 4.02. The van der Waals surface area contributed by atoms with Gasteiger partial charge in [-0.05, 0) is 43.5 Å². The summed E-state index contributed by atoms with van der Waals surface area (Å²) in [6.45, 7) is 0.611. The third-order valence-electron chi connectivity index (χ3n) is 5.92. The number of nitrogens with one attached hydrogen (secondary N) is 1. The lowest BCUT2D eigenvalue weighted by Crippen LogP contribution is -2.30. The second-order valence-corrected chi connectivity index (χ2v) is 8.30. The minimum atomic E-state index is -0.278. The van der Waals surface area contributed by atoms with Crippen molar-refractivity contribution >= 4 is 16.8 Å². The second-order valence-electron chi connectivity index (χ2n) is 8.30. The summed E-state index contributed by atoms with van der Waals surface area (Å²) in [5, 5.41) is 8.08. The van der Waals surface area contributed by atoms with E-state index in [1.54, 1.807) is 29.6 Å². The average Bonchev–Trinajstić information content (AvgIpc) is 3.29. The molecule has 4 aromatic rings. The number of H-pyrrole nitrogens is 1. The van der Waals surface area contributed by atoms with Crippen molar-refractivity contribution in [3.8, 4) is 11.3 Å². The Bertz CT molecular complexity index is 1340. The fraction of sp³-hybridized carbons (Fsp3) is 0.269. The zero-order chi connectivity index (χ0) is 23.4. The summed E-state index contributed by atoms with van der Waals surface area (Å²) >= 11 is 0. The van der Waals surface area contributed by atoms with E-state index in [0.717, 1.165) is 53.5 Å². The molecule has 2 aromatic heterocycles. The van der Waals surface area contributed by atoms with Crippen LogP contribution >= 0.6 is 0 Å². The molecule has 0 unspecified atom stereocenters. The fourth-order valence-corrected chi connectivity index (χ4v) is 4.02. The Morgan fingerprint density at radius 2 is 1.88 bits per heavy atom. The molecule has 6 nitrogen and oxygen atoms in total. The van der Waals surface area contributed by atoms with Crippen molar-refractivity contribution in [2.24, 2.45) is 7.05 Å². The molecule has 0 bridgehead atoms. The lowest BCUT2D eigenvalue weighted by atomic mass is 10.1. The highest BCUT2D eigenvalue weighted by Crippen LogP contribution is 2.20. The SMILES string of the molecule is CN(CCCCCc1cc(-c2cccc(F)c2)n[nH]1)C(=O)c1cc(=O)n(C)c2ccccc12. The lowest BCUT2D eigenvalue weighted by molar-refractivity contribution is 0.0794. The largest absolute Gasteiger partial charge is 0.342 e. The first-order valence-corrected chi connectivity index (χ1v) is 11.1. The number of rotatable bonds is 8. The third-order valence-corrected chi connectivity index (χ3v) is 5.92. The Labute approximate surface area is 191 Å². The van der Waals surface area contributed by atoms with Gasteiger partial charge in [-0.2, -0.15) is 5.10 Å². The molecule has 0 spiro atoms. The molecule has 2 heterocycles. The van der Waals surface area contributed by atoms with Gasteiger partial charge in [0, 0.05) is 43.4 Å². The van der Waals surface area contributed by atoms with E-state index in [2.05, 4.69) is 10.2 Å². The van der Waals surface area contributed by atoms with E-state index in [1.807, 2.05) is 36.4 Å². The molecular formula is C26H27FN4O2. The first-order chi connectivity index (χ1) is 15.9. The van der Waals surface area contributed by atoms with Crippen LogP contribution < -0.4 is 5.56 Å². The number of hydrogen-bond donors (Lipinski definition) is 1. The molecule has 33 heavy (non-hydrogen) atoms. The smallest absolute Gasteiger partial charge is 0.254 e. The Balaban J connectivity index is 1.30. The van der Waals surface area contributed by atoms with Crippen molar-refractivity contribution in [2.45, 2.75) is 25.7 Å². The summed E-state index contributed by atoms with van der Waals surface area (Å²) < 4.78 is 15.0. The van der Waals surface area contributed by atoms with Crippen molar-refractivity contribution in [1.29, 1.82) is 0 Å². The maximum Gasteiger partial charge on any atom is 0.254 e. The van der Waals surface area contributed by atoms with Crippen molar-refractivity contribution in [2.75, 3.05) is 13.6 Å². The molecular weight excluding hydrogens is 419 g/mol. The first-order valence-electron chi connectivity index (χ1n) is 11.1. The summed E-state index contributed by atoms with van der Waals surface area (Å²) in [5.41, 5.74) is 3.49. The normalized spacial score (nSPS) is 11.1. The molecule has 170 valence electrons. The molecule has 1 amide bonds. The number of carbonyl (C=O) groups excluding carboxylic acids is 1. The minimum Gasteiger partial charge on any atom is -0.342 e. The van der Waals surface area contributed by atoms with E-state index < -0.39 is 0 Å². The van der Waals surface area contributed by atoms with Crippen LogP contribution in [0.1, 0.15) is 35.3 Å². The molecule has 0 aliphatic heterocycles. The summed E-state index contributed by atoms with van der Waals surface area (Å²) in [4.78, 5) is 27.0. The van der Waals surface area contributed by atoms with Gasteiger partial charge in [0.1, 0.15) is 5.82 Å². The van der Waals surface area contributed by atoms with Crippen molar-refractivity contribution in [3.63, 3.8) is 0 Å². The highest BCUT2D eigenvalue weighted by Gasteiger charge is 2.17. The topological polar surface area (TPSA) is 71.0 Å². The van der Waals surface area contributed by atoms with Gasteiger partial charge in [0.25, 0.3) is 11.5 Å². The Kier molecular flexibility index (Phi) is 6.68. The molecule has 7 heteroatoms.